The lowest BCUT2D eigenvalue weighted by Gasteiger charge is -2.17. The normalized spacial score (nSPS) is 13.7. The van der Waals surface area contributed by atoms with Crippen LogP contribution in [0.25, 0.3) is 0 Å². The Morgan fingerprint density at radius 2 is 2.16 bits per heavy atom. The zero-order chi connectivity index (χ0) is 14.3. The minimum Gasteiger partial charge on any atom is -0.497 e. The van der Waals surface area contributed by atoms with Crippen molar-refractivity contribution in [3.05, 3.63) is 24.3 Å². The van der Waals surface area contributed by atoms with E-state index in [0.717, 1.165) is 23.5 Å². The molecular weight excluding hydrogens is 258 g/mol. The summed E-state index contributed by atoms with van der Waals surface area (Å²) in [5, 5.41) is 2.93. The van der Waals surface area contributed by atoms with Crippen LogP contribution in [0.5, 0.6) is 5.75 Å². The number of carbonyl (C=O) groups is 1. The minimum atomic E-state index is -0.105. The largest absolute Gasteiger partial charge is 0.497 e. The van der Waals surface area contributed by atoms with Gasteiger partial charge in [-0.2, -0.15) is 0 Å². The van der Waals surface area contributed by atoms with Gasteiger partial charge in [0.15, 0.2) is 0 Å². The fourth-order valence-electron chi connectivity index (χ4n) is 1.80. The van der Waals surface area contributed by atoms with Crippen molar-refractivity contribution in [2.75, 3.05) is 7.11 Å². The summed E-state index contributed by atoms with van der Waals surface area (Å²) in [6.07, 6.45) is 2.10. The SMILES string of the molecule is CCCC(C)NC(=O)C(C)Sc1cccc(OC)c1. The molecule has 3 nitrogen and oxygen atoms in total. The molecule has 0 aliphatic heterocycles. The van der Waals surface area contributed by atoms with Gasteiger partial charge in [0.05, 0.1) is 12.4 Å². The van der Waals surface area contributed by atoms with Crippen molar-refractivity contribution < 1.29 is 9.53 Å². The molecule has 1 amide bonds. The Hall–Kier alpha value is -1.16. The molecule has 0 aromatic heterocycles. The van der Waals surface area contributed by atoms with E-state index in [1.165, 1.54) is 0 Å². The third-order valence-electron chi connectivity index (χ3n) is 2.83. The molecule has 0 fully saturated rings. The molecule has 1 rings (SSSR count). The fourth-order valence-corrected chi connectivity index (χ4v) is 2.72. The third-order valence-corrected chi connectivity index (χ3v) is 3.93. The number of rotatable bonds is 7. The molecule has 2 atom stereocenters. The van der Waals surface area contributed by atoms with Crippen LogP contribution in [0, 0.1) is 0 Å². The Labute approximate surface area is 120 Å². The number of carbonyl (C=O) groups excluding carboxylic acids is 1. The van der Waals surface area contributed by atoms with Crippen LogP contribution in [0.15, 0.2) is 29.2 Å². The van der Waals surface area contributed by atoms with Gasteiger partial charge in [0, 0.05) is 10.9 Å². The molecule has 4 heteroatoms. The molecule has 0 aliphatic rings. The molecule has 19 heavy (non-hydrogen) atoms. The Kier molecular flexibility index (Phi) is 6.78. The van der Waals surface area contributed by atoms with Crippen LogP contribution in [0.2, 0.25) is 0 Å². The van der Waals surface area contributed by atoms with Crippen LogP contribution >= 0.6 is 11.8 Å². The second-order valence-electron chi connectivity index (χ2n) is 4.64. The van der Waals surface area contributed by atoms with E-state index in [1.54, 1.807) is 18.9 Å². The number of ether oxygens (including phenoxy) is 1. The van der Waals surface area contributed by atoms with Crippen molar-refractivity contribution in [2.45, 2.75) is 49.8 Å². The number of amides is 1. The lowest BCUT2D eigenvalue weighted by molar-refractivity contribution is -0.120. The van der Waals surface area contributed by atoms with Crippen molar-refractivity contribution in [3.8, 4) is 5.75 Å². The van der Waals surface area contributed by atoms with Crippen LogP contribution in [0.3, 0.4) is 0 Å². The first-order chi connectivity index (χ1) is 9.06. The van der Waals surface area contributed by atoms with E-state index in [2.05, 4.69) is 12.2 Å². The number of thioether (sulfide) groups is 1. The molecule has 2 unspecified atom stereocenters. The van der Waals surface area contributed by atoms with E-state index in [1.807, 2.05) is 38.1 Å². The summed E-state index contributed by atoms with van der Waals surface area (Å²) in [5.41, 5.74) is 0. The predicted molar refractivity (Wildman–Crippen MR) is 80.8 cm³/mol. The minimum absolute atomic E-state index is 0.0915. The van der Waals surface area contributed by atoms with Gasteiger partial charge < -0.3 is 10.1 Å². The first-order valence-electron chi connectivity index (χ1n) is 6.68. The summed E-state index contributed by atoms with van der Waals surface area (Å²) in [6, 6.07) is 8.02. The van der Waals surface area contributed by atoms with E-state index >= 15 is 0 Å². The number of nitrogens with one attached hydrogen (secondary N) is 1. The number of benzene rings is 1. The van der Waals surface area contributed by atoms with Gasteiger partial charge in [0.25, 0.3) is 0 Å². The third kappa shape index (κ3) is 5.55. The van der Waals surface area contributed by atoms with Crippen LogP contribution < -0.4 is 10.1 Å². The zero-order valence-corrected chi connectivity index (χ0v) is 12.9. The fraction of sp³-hybridized carbons (Fsp3) is 0.533. The summed E-state index contributed by atoms with van der Waals surface area (Å²) in [7, 11) is 1.65. The average molecular weight is 281 g/mol. The zero-order valence-electron chi connectivity index (χ0n) is 12.1. The Morgan fingerprint density at radius 1 is 1.42 bits per heavy atom. The van der Waals surface area contributed by atoms with Gasteiger partial charge in [-0.1, -0.05) is 19.4 Å². The molecule has 0 saturated heterocycles. The highest BCUT2D eigenvalue weighted by atomic mass is 32.2. The van der Waals surface area contributed by atoms with E-state index in [9.17, 15) is 4.79 Å². The first kappa shape index (κ1) is 15.9. The maximum Gasteiger partial charge on any atom is 0.233 e. The molecule has 0 saturated carbocycles. The lowest BCUT2D eigenvalue weighted by Crippen LogP contribution is -2.37. The molecule has 0 spiro atoms. The monoisotopic (exact) mass is 281 g/mol. The topological polar surface area (TPSA) is 38.3 Å². The number of hydrogen-bond donors (Lipinski definition) is 1. The van der Waals surface area contributed by atoms with Gasteiger partial charge in [-0.05, 0) is 38.5 Å². The van der Waals surface area contributed by atoms with E-state index in [-0.39, 0.29) is 17.2 Å². The summed E-state index contributed by atoms with van der Waals surface area (Å²) in [5.74, 6) is 0.908. The molecule has 106 valence electrons. The highest BCUT2D eigenvalue weighted by molar-refractivity contribution is 8.00. The number of methoxy groups -OCH3 is 1. The summed E-state index contributed by atoms with van der Waals surface area (Å²) < 4.78 is 5.18. The van der Waals surface area contributed by atoms with Crippen molar-refractivity contribution in [2.24, 2.45) is 0 Å². The molecule has 1 aromatic rings. The molecule has 1 N–H and O–H groups in total. The molecule has 0 radical (unpaired) electrons. The van der Waals surface area contributed by atoms with Crippen LogP contribution in [-0.2, 0) is 4.79 Å². The smallest absolute Gasteiger partial charge is 0.233 e. The quantitative estimate of drug-likeness (QED) is 0.778. The molecule has 0 bridgehead atoms. The lowest BCUT2D eigenvalue weighted by atomic mass is 10.2. The van der Waals surface area contributed by atoms with Gasteiger partial charge in [0.2, 0.25) is 5.91 Å². The van der Waals surface area contributed by atoms with E-state index in [4.69, 9.17) is 4.74 Å². The summed E-state index contributed by atoms with van der Waals surface area (Å²) >= 11 is 1.55. The van der Waals surface area contributed by atoms with Gasteiger partial charge in [-0.3, -0.25) is 4.79 Å². The van der Waals surface area contributed by atoms with Crippen molar-refractivity contribution >= 4 is 17.7 Å². The molecule has 0 aliphatic carbocycles. The highest BCUT2D eigenvalue weighted by Gasteiger charge is 2.16. The molecular formula is C15H23NO2S. The molecule has 1 aromatic carbocycles. The Morgan fingerprint density at radius 3 is 2.79 bits per heavy atom. The van der Waals surface area contributed by atoms with Crippen molar-refractivity contribution in [1.82, 2.24) is 5.32 Å². The standard InChI is InChI=1S/C15H23NO2S/c1-5-7-11(2)16-15(17)12(3)19-14-9-6-8-13(10-14)18-4/h6,8-12H,5,7H2,1-4H3,(H,16,17). The van der Waals surface area contributed by atoms with Gasteiger partial charge >= 0.3 is 0 Å². The highest BCUT2D eigenvalue weighted by Crippen LogP contribution is 2.26. The van der Waals surface area contributed by atoms with Gasteiger partial charge in [-0.25, -0.2) is 0 Å². The van der Waals surface area contributed by atoms with Crippen molar-refractivity contribution in [1.29, 1.82) is 0 Å². The average Bonchev–Trinajstić information content (AvgIpc) is 2.39. The maximum atomic E-state index is 12.0. The first-order valence-corrected chi connectivity index (χ1v) is 7.55. The second-order valence-corrected chi connectivity index (χ2v) is 6.05. The Bertz CT molecular complexity index is 409. The van der Waals surface area contributed by atoms with E-state index in [0.29, 0.717) is 0 Å². The van der Waals surface area contributed by atoms with Gasteiger partial charge in [-0.15, -0.1) is 11.8 Å². The summed E-state index contributed by atoms with van der Waals surface area (Å²) in [4.78, 5) is 13.1. The van der Waals surface area contributed by atoms with Gasteiger partial charge in [0.1, 0.15) is 5.75 Å². The number of hydrogen-bond acceptors (Lipinski definition) is 3. The van der Waals surface area contributed by atoms with Crippen LogP contribution in [0.1, 0.15) is 33.6 Å². The molecule has 0 heterocycles. The predicted octanol–water partition coefficient (Wildman–Crippen LogP) is 3.48. The maximum absolute atomic E-state index is 12.0. The van der Waals surface area contributed by atoms with E-state index < -0.39 is 0 Å². The van der Waals surface area contributed by atoms with Crippen LogP contribution in [-0.4, -0.2) is 24.3 Å². The second kappa shape index (κ2) is 8.10. The van der Waals surface area contributed by atoms with Crippen LogP contribution in [0.4, 0.5) is 0 Å². The Balaban J connectivity index is 2.53. The van der Waals surface area contributed by atoms with Crippen molar-refractivity contribution in [3.63, 3.8) is 0 Å². The summed E-state index contributed by atoms with van der Waals surface area (Å²) in [6.45, 7) is 6.10.